The number of nitrogens with one attached hydrogen (secondary N) is 1. The summed E-state index contributed by atoms with van der Waals surface area (Å²) >= 11 is 0. The Hall–Kier alpha value is -3.35. The molecule has 1 saturated heterocycles. The minimum Gasteiger partial charge on any atom is -0.463 e. The first-order valence-corrected chi connectivity index (χ1v) is 8.09. The van der Waals surface area contributed by atoms with E-state index >= 15 is 0 Å². The van der Waals surface area contributed by atoms with Gasteiger partial charge in [0, 0.05) is 12.0 Å². The predicted molar refractivity (Wildman–Crippen MR) is 90.7 cm³/mol. The first kappa shape index (κ1) is 17.5. The van der Waals surface area contributed by atoms with Gasteiger partial charge < -0.3 is 19.5 Å². The number of benzene rings is 2. The third-order valence-electron chi connectivity index (χ3n) is 3.65. The van der Waals surface area contributed by atoms with E-state index in [-0.39, 0.29) is 13.2 Å². The minimum absolute atomic E-state index is 0.237. The van der Waals surface area contributed by atoms with E-state index in [2.05, 4.69) is 5.32 Å². The van der Waals surface area contributed by atoms with E-state index in [0.717, 1.165) is 0 Å². The highest BCUT2D eigenvalue weighted by Crippen LogP contribution is 2.21. The highest BCUT2D eigenvalue weighted by atomic mass is 16.6. The normalized spacial score (nSPS) is 15.8. The minimum atomic E-state index is -0.881. The van der Waals surface area contributed by atoms with Crippen LogP contribution in [0.5, 0.6) is 11.5 Å². The smallest absolute Gasteiger partial charge is 0.347 e. The maximum Gasteiger partial charge on any atom is 0.347 e. The monoisotopic (exact) mass is 355 g/mol. The number of ether oxygens (including phenoxy) is 3. The third kappa shape index (κ3) is 4.60. The lowest BCUT2D eigenvalue weighted by Crippen LogP contribution is -2.33. The second kappa shape index (κ2) is 8.15. The van der Waals surface area contributed by atoms with Crippen LogP contribution in [0.3, 0.4) is 0 Å². The van der Waals surface area contributed by atoms with Gasteiger partial charge in [-0.15, -0.1) is 0 Å². The van der Waals surface area contributed by atoms with E-state index in [9.17, 15) is 14.4 Å². The van der Waals surface area contributed by atoms with E-state index in [1.807, 2.05) is 30.3 Å². The van der Waals surface area contributed by atoms with E-state index in [1.165, 1.54) is 0 Å². The first-order chi connectivity index (χ1) is 12.6. The Morgan fingerprint density at radius 2 is 1.73 bits per heavy atom. The fourth-order valence-electron chi connectivity index (χ4n) is 2.34. The van der Waals surface area contributed by atoms with Crippen molar-refractivity contribution in [1.82, 2.24) is 5.32 Å². The zero-order valence-corrected chi connectivity index (χ0v) is 13.8. The van der Waals surface area contributed by atoms with Crippen LogP contribution in [0.25, 0.3) is 0 Å². The second-order valence-electron chi connectivity index (χ2n) is 5.56. The molecular formula is C19H17NO6. The molecule has 0 bridgehead atoms. The van der Waals surface area contributed by atoms with Crippen LogP contribution >= 0.6 is 0 Å². The van der Waals surface area contributed by atoms with Crippen molar-refractivity contribution >= 4 is 17.8 Å². The summed E-state index contributed by atoms with van der Waals surface area (Å²) in [6, 6.07) is 15.8. The molecule has 7 nitrogen and oxygen atoms in total. The van der Waals surface area contributed by atoms with Crippen LogP contribution in [0.2, 0.25) is 0 Å². The summed E-state index contributed by atoms with van der Waals surface area (Å²) in [6.45, 7) is -0.0918. The maximum absolute atomic E-state index is 12.1. The fourth-order valence-corrected chi connectivity index (χ4v) is 2.34. The Balaban J connectivity index is 1.48. The summed E-state index contributed by atoms with van der Waals surface area (Å²) in [7, 11) is 0. The van der Waals surface area contributed by atoms with Crippen molar-refractivity contribution in [3.05, 3.63) is 60.2 Å². The number of amides is 1. The van der Waals surface area contributed by atoms with Crippen molar-refractivity contribution in [1.29, 1.82) is 0 Å². The molecular weight excluding hydrogens is 338 g/mol. The summed E-state index contributed by atoms with van der Waals surface area (Å²) < 4.78 is 15.3. The molecule has 2 aromatic carbocycles. The zero-order chi connectivity index (χ0) is 18.4. The molecule has 1 aliphatic rings. The zero-order valence-electron chi connectivity index (χ0n) is 13.8. The molecule has 3 rings (SSSR count). The summed E-state index contributed by atoms with van der Waals surface area (Å²) in [5, 5.41) is 2.45. The van der Waals surface area contributed by atoms with Crippen molar-refractivity contribution in [3.8, 4) is 11.5 Å². The van der Waals surface area contributed by atoms with Gasteiger partial charge >= 0.3 is 11.9 Å². The number of carbonyl (C=O) groups is 3. The number of carbonyl (C=O) groups excluding carboxylic acids is 3. The van der Waals surface area contributed by atoms with Gasteiger partial charge in [-0.1, -0.05) is 18.2 Å². The lowest BCUT2D eigenvalue weighted by molar-refractivity contribution is -0.159. The van der Waals surface area contributed by atoms with Gasteiger partial charge in [-0.05, 0) is 36.4 Å². The van der Waals surface area contributed by atoms with Gasteiger partial charge in [-0.25, -0.2) is 4.79 Å². The highest BCUT2D eigenvalue weighted by Gasteiger charge is 2.30. The second-order valence-corrected chi connectivity index (χ2v) is 5.56. The molecule has 0 aromatic heterocycles. The van der Waals surface area contributed by atoms with Gasteiger partial charge in [-0.2, -0.15) is 0 Å². The van der Waals surface area contributed by atoms with Crippen LogP contribution in [0.1, 0.15) is 16.8 Å². The molecule has 1 heterocycles. The Morgan fingerprint density at radius 3 is 2.38 bits per heavy atom. The molecule has 1 fully saturated rings. The van der Waals surface area contributed by atoms with Crippen molar-refractivity contribution < 1.29 is 28.6 Å². The number of hydrogen-bond donors (Lipinski definition) is 1. The summed E-state index contributed by atoms with van der Waals surface area (Å²) in [4.78, 5) is 35.0. The Kier molecular flexibility index (Phi) is 5.48. The van der Waals surface area contributed by atoms with Crippen LogP contribution in [0.4, 0.5) is 0 Å². The highest BCUT2D eigenvalue weighted by molar-refractivity contribution is 5.96. The summed E-state index contributed by atoms with van der Waals surface area (Å²) in [5.41, 5.74) is 0.374. The molecule has 2 aromatic rings. The molecule has 26 heavy (non-hydrogen) atoms. The summed E-state index contributed by atoms with van der Waals surface area (Å²) in [5.74, 6) is -0.392. The molecule has 1 amide bonds. The molecule has 1 N–H and O–H groups in total. The van der Waals surface area contributed by atoms with E-state index < -0.39 is 23.9 Å². The van der Waals surface area contributed by atoms with Gasteiger partial charge in [-0.3, -0.25) is 9.59 Å². The van der Waals surface area contributed by atoms with Gasteiger partial charge in [0.1, 0.15) is 18.0 Å². The van der Waals surface area contributed by atoms with Gasteiger partial charge in [0.25, 0.3) is 5.91 Å². The Labute approximate surface area is 149 Å². The average molecular weight is 355 g/mol. The molecule has 1 atom stereocenters. The summed E-state index contributed by atoms with van der Waals surface area (Å²) in [6.07, 6.45) is -0.546. The number of esters is 2. The molecule has 0 radical (unpaired) electrons. The standard InChI is InChI=1S/C19H17NO6/c21-17(26-16-10-11-24-19(16)23)12-20-18(22)13-6-8-15(9-7-13)25-14-4-2-1-3-5-14/h1-9,16H,10-12H2,(H,20,22)/t16-/m1/s1. The first-order valence-electron chi connectivity index (χ1n) is 8.09. The van der Waals surface area contributed by atoms with Crippen molar-refractivity contribution in [2.75, 3.05) is 13.2 Å². The van der Waals surface area contributed by atoms with Gasteiger partial charge in [0.2, 0.25) is 6.10 Å². The SMILES string of the molecule is O=C(CNC(=O)c1ccc(Oc2ccccc2)cc1)O[C@@H]1CCOC1=O. The molecule has 0 aliphatic carbocycles. The Bertz CT molecular complexity index is 787. The number of rotatable bonds is 6. The van der Waals surface area contributed by atoms with Crippen molar-refractivity contribution in [3.63, 3.8) is 0 Å². The predicted octanol–water partition coefficient (Wildman–Crippen LogP) is 2.07. The van der Waals surface area contributed by atoms with Crippen LogP contribution in [-0.4, -0.2) is 37.1 Å². The van der Waals surface area contributed by atoms with Crippen molar-refractivity contribution in [2.45, 2.75) is 12.5 Å². The quantitative estimate of drug-likeness (QED) is 0.798. The number of para-hydroxylation sites is 1. The number of cyclic esters (lactones) is 1. The molecule has 1 aliphatic heterocycles. The van der Waals surface area contributed by atoms with E-state index in [4.69, 9.17) is 14.2 Å². The van der Waals surface area contributed by atoms with Crippen LogP contribution < -0.4 is 10.1 Å². The molecule has 0 unspecified atom stereocenters. The van der Waals surface area contributed by atoms with Crippen LogP contribution in [0, 0.1) is 0 Å². The maximum atomic E-state index is 12.1. The van der Waals surface area contributed by atoms with Gasteiger partial charge in [0.15, 0.2) is 0 Å². The molecule has 7 heteroatoms. The van der Waals surface area contributed by atoms with E-state index in [1.54, 1.807) is 24.3 Å². The molecule has 0 spiro atoms. The molecule has 0 saturated carbocycles. The van der Waals surface area contributed by atoms with E-state index in [0.29, 0.717) is 23.5 Å². The fraction of sp³-hybridized carbons (Fsp3) is 0.211. The van der Waals surface area contributed by atoms with Crippen molar-refractivity contribution in [2.24, 2.45) is 0 Å². The third-order valence-corrected chi connectivity index (χ3v) is 3.65. The topological polar surface area (TPSA) is 90.9 Å². The lowest BCUT2D eigenvalue weighted by Gasteiger charge is -2.10. The van der Waals surface area contributed by atoms with Crippen LogP contribution in [-0.2, 0) is 19.1 Å². The molecule has 134 valence electrons. The Morgan fingerprint density at radius 1 is 1.04 bits per heavy atom. The number of hydrogen-bond acceptors (Lipinski definition) is 6. The largest absolute Gasteiger partial charge is 0.463 e. The van der Waals surface area contributed by atoms with Crippen LogP contribution in [0.15, 0.2) is 54.6 Å². The van der Waals surface area contributed by atoms with Gasteiger partial charge in [0.05, 0.1) is 6.61 Å². The average Bonchev–Trinajstić information content (AvgIpc) is 3.06. The lowest BCUT2D eigenvalue weighted by atomic mass is 10.2.